The predicted molar refractivity (Wildman–Crippen MR) is 117 cm³/mol. The van der Waals surface area contributed by atoms with Gasteiger partial charge in [-0.25, -0.2) is 4.98 Å². The highest BCUT2D eigenvalue weighted by Crippen LogP contribution is 2.27. The molecule has 0 bridgehead atoms. The molecule has 0 fully saturated rings. The van der Waals surface area contributed by atoms with Crippen molar-refractivity contribution in [3.63, 3.8) is 0 Å². The van der Waals surface area contributed by atoms with Crippen LogP contribution in [0.15, 0.2) is 70.5 Å². The Morgan fingerprint density at radius 2 is 1.89 bits per heavy atom. The molecule has 1 N–H and O–H groups in total. The molecule has 0 aliphatic heterocycles. The Morgan fingerprint density at radius 1 is 1.07 bits per heavy atom. The van der Waals surface area contributed by atoms with Crippen LogP contribution in [0.4, 0.5) is 11.6 Å². The van der Waals surface area contributed by atoms with Gasteiger partial charge in [-0.2, -0.15) is 4.98 Å². The predicted octanol–water partition coefficient (Wildman–Crippen LogP) is 5.11. The summed E-state index contributed by atoms with van der Waals surface area (Å²) in [5, 5.41) is 4.50. The van der Waals surface area contributed by atoms with E-state index in [0.717, 1.165) is 16.0 Å². The molecule has 4 aromatic rings. The highest BCUT2D eigenvalue weighted by molar-refractivity contribution is 7.98. The fourth-order valence-corrected chi connectivity index (χ4v) is 3.71. The third-order valence-corrected chi connectivity index (χ3v) is 5.49. The van der Waals surface area contributed by atoms with Crippen LogP contribution in [0.25, 0.3) is 22.2 Å². The van der Waals surface area contributed by atoms with Crippen molar-refractivity contribution in [1.29, 1.82) is 0 Å². The van der Waals surface area contributed by atoms with E-state index in [2.05, 4.69) is 15.3 Å². The van der Waals surface area contributed by atoms with E-state index in [-0.39, 0.29) is 5.56 Å². The number of benzene rings is 2. The molecule has 0 saturated carbocycles. The molecule has 0 aliphatic rings. The molecular formula is C21H17ClN4OS. The second-order valence-corrected chi connectivity index (χ2v) is 7.52. The maximum Gasteiger partial charge on any atom is 0.259 e. The fraction of sp³-hybridized carbons (Fsp3) is 0.0952. The van der Waals surface area contributed by atoms with E-state index in [4.69, 9.17) is 11.6 Å². The largest absolute Gasteiger partial charge is 0.324 e. The Morgan fingerprint density at radius 3 is 2.68 bits per heavy atom. The van der Waals surface area contributed by atoms with Gasteiger partial charge in [0.05, 0.1) is 0 Å². The number of aromatic nitrogens is 3. The number of hydrogen-bond acceptors (Lipinski definition) is 5. The molecule has 28 heavy (non-hydrogen) atoms. The minimum absolute atomic E-state index is 0.158. The maximum atomic E-state index is 12.9. The fourth-order valence-electron chi connectivity index (χ4n) is 3.01. The van der Waals surface area contributed by atoms with E-state index in [1.54, 1.807) is 37.1 Å². The second kappa shape index (κ2) is 7.66. The Labute approximate surface area is 171 Å². The lowest BCUT2D eigenvalue weighted by molar-refractivity contribution is 0.887. The SMILES string of the molecule is CSc1cccc(Nc2ncc3cc(-c4ccccc4Cl)c(=O)n(C)c3n2)c1. The summed E-state index contributed by atoms with van der Waals surface area (Å²) >= 11 is 7.95. The molecule has 7 heteroatoms. The van der Waals surface area contributed by atoms with Gasteiger partial charge >= 0.3 is 0 Å². The van der Waals surface area contributed by atoms with Gasteiger partial charge in [-0.05, 0) is 36.6 Å². The van der Waals surface area contributed by atoms with Crippen LogP contribution in [-0.2, 0) is 7.05 Å². The maximum absolute atomic E-state index is 12.9. The van der Waals surface area contributed by atoms with Crippen molar-refractivity contribution < 1.29 is 0 Å². The molecule has 140 valence electrons. The normalized spacial score (nSPS) is 11.0. The number of nitrogens with one attached hydrogen (secondary N) is 1. The van der Waals surface area contributed by atoms with Crippen LogP contribution >= 0.6 is 23.4 Å². The highest BCUT2D eigenvalue weighted by atomic mass is 35.5. The number of hydrogen-bond donors (Lipinski definition) is 1. The Hall–Kier alpha value is -2.83. The summed E-state index contributed by atoms with van der Waals surface area (Å²) < 4.78 is 1.53. The monoisotopic (exact) mass is 408 g/mol. The number of pyridine rings is 1. The second-order valence-electron chi connectivity index (χ2n) is 6.23. The van der Waals surface area contributed by atoms with Crippen molar-refractivity contribution >= 4 is 46.0 Å². The van der Waals surface area contributed by atoms with E-state index in [0.29, 0.717) is 27.7 Å². The summed E-state index contributed by atoms with van der Waals surface area (Å²) in [6.07, 6.45) is 3.74. The molecule has 2 heterocycles. The van der Waals surface area contributed by atoms with Crippen LogP contribution in [0, 0.1) is 0 Å². The zero-order valence-corrected chi connectivity index (χ0v) is 16.9. The Bertz CT molecular complexity index is 1240. The van der Waals surface area contributed by atoms with Crippen molar-refractivity contribution in [2.45, 2.75) is 4.90 Å². The first-order valence-electron chi connectivity index (χ1n) is 8.59. The topological polar surface area (TPSA) is 59.8 Å². The first-order valence-corrected chi connectivity index (χ1v) is 10.2. The number of halogens is 1. The van der Waals surface area contributed by atoms with Crippen LogP contribution in [0.5, 0.6) is 0 Å². The highest BCUT2D eigenvalue weighted by Gasteiger charge is 2.13. The first-order chi connectivity index (χ1) is 13.6. The van der Waals surface area contributed by atoms with Crippen LogP contribution in [0.1, 0.15) is 0 Å². The number of anilines is 2. The molecule has 0 atom stereocenters. The van der Waals surface area contributed by atoms with Gasteiger partial charge in [0.1, 0.15) is 5.65 Å². The molecule has 0 radical (unpaired) electrons. The molecule has 0 aliphatic carbocycles. The lowest BCUT2D eigenvalue weighted by Crippen LogP contribution is -2.20. The van der Waals surface area contributed by atoms with Crippen LogP contribution < -0.4 is 10.9 Å². The van der Waals surface area contributed by atoms with E-state index in [9.17, 15) is 4.79 Å². The van der Waals surface area contributed by atoms with Crippen molar-refractivity contribution in [3.8, 4) is 11.1 Å². The van der Waals surface area contributed by atoms with Gasteiger partial charge in [-0.15, -0.1) is 11.8 Å². The van der Waals surface area contributed by atoms with Gasteiger partial charge in [0.25, 0.3) is 5.56 Å². The summed E-state index contributed by atoms with van der Waals surface area (Å²) in [7, 11) is 1.70. The number of thioether (sulfide) groups is 1. The molecule has 5 nitrogen and oxygen atoms in total. The minimum Gasteiger partial charge on any atom is -0.324 e. The van der Waals surface area contributed by atoms with Crippen molar-refractivity contribution in [2.75, 3.05) is 11.6 Å². The summed E-state index contributed by atoms with van der Waals surface area (Å²) in [6, 6.07) is 17.1. The zero-order valence-electron chi connectivity index (χ0n) is 15.3. The quantitative estimate of drug-likeness (QED) is 0.475. The molecule has 0 spiro atoms. The van der Waals surface area contributed by atoms with Crippen molar-refractivity contribution in [2.24, 2.45) is 7.05 Å². The molecule has 4 rings (SSSR count). The van der Waals surface area contributed by atoms with Gasteiger partial charge in [0, 0.05) is 45.4 Å². The van der Waals surface area contributed by atoms with Crippen molar-refractivity contribution in [3.05, 3.63) is 76.2 Å². The van der Waals surface area contributed by atoms with E-state index in [1.165, 1.54) is 4.57 Å². The number of rotatable bonds is 4. The van der Waals surface area contributed by atoms with Crippen LogP contribution in [0.3, 0.4) is 0 Å². The molecule has 0 amide bonds. The first kappa shape index (κ1) is 18.5. The average Bonchev–Trinajstić information content (AvgIpc) is 2.72. The van der Waals surface area contributed by atoms with E-state index >= 15 is 0 Å². The van der Waals surface area contributed by atoms with Crippen molar-refractivity contribution in [1.82, 2.24) is 14.5 Å². The van der Waals surface area contributed by atoms with E-state index < -0.39 is 0 Å². The number of fused-ring (bicyclic) bond motifs is 1. The molecule has 2 aromatic heterocycles. The number of nitrogens with zero attached hydrogens (tertiary/aromatic N) is 3. The molecule has 2 aromatic carbocycles. The van der Waals surface area contributed by atoms with Gasteiger partial charge in [0.15, 0.2) is 0 Å². The standard InChI is InChI=1S/C21H17ClN4OS/c1-26-19-13(10-17(20(26)27)16-8-3-4-9-18(16)22)12-23-21(25-19)24-14-6-5-7-15(11-14)28-2/h3-12H,1-2H3,(H,23,24,25). The minimum atomic E-state index is -0.158. The van der Waals surface area contributed by atoms with Crippen LogP contribution in [-0.4, -0.2) is 20.8 Å². The molecular weight excluding hydrogens is 392 g/mol. The van der Waals surface area contributed by atoms with Gasteiger partial charge in [0.2, 0.25) is 5.95 Å². The van der Waals surface area contributed by atoms with E-state index in [1.807, 2.05) is 48.7 Å². The Kier molecular flexibility index (Phi) is 5.07. The van der Waals surface area contributed by atoms with Crippen LogP contribution in [0.2, 0.25) is 5.02 Å². The summed E-state index contributed by atoms with van der Waals surface area (Å²) in [4.78, 5) is 23.0. The van der Waals surface area contributed by atoms with Gasteiger partial charge in [-0.3, -0.25) is 9.36 Å². The smallest absolute Gasteiger partial charge is 0.259 e. The van der Waals surface area contributed by atoms with Gasteiger partial charge < -0.3 is 5.32 Å². The number of aryl methyl sites for hydroxylation is 1. The summed E-state index contributed by atoms with van der Waals surface area (Å²) in [5.74, 6) is 0.436. The lowest BCUT2D eigenvalue weighted by atomic mass is 10.1. The summed E-state index contributed by atoms with van der Waals surface area (Å²) in [6.45, 7) is 0. The average molecular weight is 409 g/mol. The Balaban J connectivity index is 1.78. The molecule has 0 saturated heterocycles. The third kappa shape index (κ3) is 3.48. The zero-order chi connectivity index (χ0) is 19.7. The summed E-state index contributed by atoms with van der Waals surface area (Å²) in [5.41, 5.74) is 2.51. The van der Waals surface area contributed by atoms with Gasteiger partial charge in [-0.1, -0.05) is 35.9 Å². The lowest BCUT2D eigenvalue weighted by Gasteiger charge is -2.11. The third-order valence-electron chi connectivity index (χ3n) is 4.44. The molecule has 0 unspecified atom stereocenters.